The van der Waals surface area contributed by atoms with Crippen LogP contribution in [0.1, 0.15) is 37.3 Å². The molecule has 1 heterocycles. The van der Waals surface area contributed by atoms with Gasteiger partial charge in [0.2, 0.25) is 0 Å². The van der Waals surface area contributed by atoms with Crippen molar-refractivity contribution in [3.63, 3.8) is 0 Å². The smallest absolute Gasteiger partial charge is 0.336 e. The van der Waals surface area contributed by atoms with Crippen molar-refractivity contribution in [3.05, 3.63) is 88.3 Å². The van der Waals surface area contributed by atoms with Crippen LogP contribution in [0.15, 0.2) is 80.9 Å². The second kappa shape index (κ2) is 8.76. The predicted octanol–water partition coefficient (Wildman–Crippen LogP) is 6.34. The molecule has 0 amide bonds. The second-order valence-electron chi connectivity index (χ2n) is 7.39. The summed E-state index contributed by atoms with van der Waals surface area (Å²) in [6.45, 7) is 4.40. The van der Waals surface area contributed by atoms with E-state index >= 15 is 0 Å². The van der Waals surface area contributed by atoms with Crippen molar-refractivity contribution in [1.82, 2.24) is 0 Å². The lowest BCUT2D eigenvalue weighted by molar-refractivity contribution is 0.560. The molecule has 4 rings (SSSR count). The lowest BCUT2D eigenvalue weighted by Gasteiger charge is -2.09. The lowest BCUT2D eigenvalue weighted by Crippen LogP contribution is -2.07. The van der Waals surface area contributed by atoms with Gasteiger partial charge in [0.1, 0.15) is 5.58 Å². The molecule has 1 atom stereocenters. The molecule has 0 saturated carbocycles. The zero-order valence-electron chi connectivity index (χ0n) is 17.1. The van der Waals surface area contributed by atoms with Gasteiger partial charge in [-0.05, 0) is 52.4 Å². The number of rotatable bonds is 5. The molecule has 5 heteroatoms. The summed E-state index contributed by atoms with van der Waals surface area (Å²) in [6.07, 6.45) is 1.11. The highest BCUT2D eigenvalue weighted by atomic mass is 32.2. The third kappa shape index (κ3) is 4.26. The van der Waals surface area contributed by atoms with Gasteiger partial charge >= 0.3 is 5.63 Å². The standard InChI is InChI=1S/C25H24N2O2S/c1-3-16(2)17-8-11-20(12-9-17)27-25(26)30-15-19-14-23(28)29-22-13-10-18-6-4-5-7-21(18)24(19)22/h4-14,16H,3,15H2,1-2H3,(H2,26,27)/t16-/m0/s1. The maximum atomic E-state index is 12.1. The van der Waals surface area contributed by atoms with Crippen molar-refractivity contribution in [3.8, 4) is 0 Å². The van der Waals surface area contributed by atoms with Crippen molar-refractivity contribution in [2.24, 2.45) is 10.7 Å². The number of fused-ring (bicyclic) bond motifs is 3. The van der Waals surface area contributed by atoms with Crippen LogP contribution in [0.5, 0.6) is 0 Å². The molecule has 4 aromatic rings. The minimum atomic E-state index is -0.357. The Bertz CT molecular complexity index is 1280. The molecule has 2 N–H and O–H groups in total. The number of benzene rings is 3. The number of aliphatic imine (C=N–C) groups is 1. The van der Waals surface area contributed by atoms with Gasteiger partial charge in [0.15, 0.2) is 5.17 Å². The summed E-state index contributed by atoms with van der Waals surface area (Å²) < 4.78 is 5.43. The van der Waals surface area contributed by atoms with E-state index in [0.717, 1.165) is 33.8 Å². The van der Waals surface area contributed by atoms with Crippen LogP contribution in [-0.2, 0) is 5.75 Å². The van der Waals surface area contributed by atoms with Crippen LogP contribution in [-0.4, -0.2) is 5.17 Å². The van der Waals surface area contributed by atoms with Gasteiger partial charge in [0, 0.05) is 17.2 Å². The van der Waals surface area contributed by atoms with Crippen LogP contribution in [0.2, 0.25) is 0 Å². The number of hydrogen-bond acceptors (Lipinski definition) is 4. The average Bonchev–Trinajstić information content (AvgIpc) is 2.77. The van der Waals surface area contributed by atoms with E-state index in [1.54, 1.807) is 6.07 Å². The first kappa shape index (κ1) is 20.2. The van der Waals surface area contributed by atoms with Gasteiger partial charge in [-0.15, -0.1) is 0 Å². The molecule has 0 aliphatic rings. The summed E-state index contributed by atoms with van der Waals surface area (Å²) in [5, 5.41) is 3.58. The minimum absolute atomic E-state index is 0.357. The van der Waals surface area contributed by atoms with E-state index in [1.807, 2.05) is 42.5 Å². The number of amidine groups is 1. The minimum Gasteiger partial charge on any atom is -0.423 e. The van der Waals surface area contributed by atoms with Crippen LogP contribution in [0.25, 0.3) is 21.7 Å². The predicted molar refractivity (Wildman–Crippen MR) is 128 cm³/mol. The van der Waals surface area contributed by atoms with E-state index in [1.165, 1.54) is 17.3 Å². The number of nitrogens with two attached hydrogens (primary N) is 1. The quantitative estimate of drug-likeness (QED) is 0.178. The molecule has 4 nitrogen and oxygen atoms in total. The van der Waals surface area contributed by atoms with Gasteiger partial charge in [-0.25, -0.2) is 9.79 Å². The van der Waals surface area contributed by atoms with Gasteiger partial charge in [-0.2, -0.15) is 0 Å². The van der Waals surface area contributed by atoms with Gasteiger partial charge in [-0.1, -0.05) is 68.1 Å². The molecule has 3 aromatic carbocycles. The largest absolute Gasteiger partial charge is 0.423 e. The van der Waals surface area contributed by atoms with E-state index < -0.39 is 0 Å². The summed E-state index contributed by atoms with van der Waals surface area (Å²) in [6, 6.07) is 21.7. The summed E-state index contributed by atoms with van der Waals surface area (Å²) in [4.78, 5) is 16.6. The number of thioether (sulfide) groups is 1. The van der Waals surface area contributed by atoms with Crippen LogP contribution in [0.3, 0.4) is 0 Å². The summed E-state index contributed by atoms with van der Waals surface area (Å²) in [7, 11) is 0. The summed E-state index contributed by atoms with van der Waals surface area (Å²) in [5.74, 6) is 1.07. The van der Waals surface area contributed by atoms with Crippen molar-refractivity contribution < 1.29 is 4.42 Å². The van der Waals surface area contributed by atoms with Gasteiger partial charge < -0.3 is 10.2 Å². The highest BCUT2D eigenvalue weighted by molar-refractivity contribution is 8.13. The highest BCUT2D eigenvalue weighted by Crippen LogP contribution is 2.30. The highest BCUT2D eigenvalue weighted by Gasteiger charge is 2.10. The monoisotopic (exact) mass is 416 g/mol. The Morgan fingerprint density at radius 1 is 1.10 bits per heavy atom. The Balaban J connectivity index is 1.61. The fourth-order valence-corrected chi connectivity index (χ4v) is 4.26. The molecular formula is C25H24N2O2S. The molecule has 0 bridgehead atoms. The van der Waals surface area contributed by atoms with Crippen LogP contribution < -0.4 is 11.4 Å². The van der Waals surface area contributed by atoms with E-state index in [9.17, 15) is 4.79 Å². The first-order chi connectivity index (χ1) is 14.5. The molecule has 0 spiro atoms. The summed E-state index contributed by atoms with van der Waals surface area (Å²) >= 11 is 1.42. The molecule has 0 fully saturated rings. The first-order valence-corrected chi connectivity index (χ1v) is 11.0. The molecule has 0 saturated heterocycles. The zero-order chi connectivity index (χ0) is 21.1. The molecule has 0 unspecified atom stereocenters. The fraction of sp³-hybridized carbons (Fsp3) is 0.200. The van der Waals surface area contributed by atoms with E-state index in [4.69, 9.17) is 10.2 Å². The van der Waals surface area contributed by atoms with Gasteiger partial charge in [0.25, 0.3) is 0 Å². The molecule has 0 radical (unpaired) electrons. The molecule has 0 aliphatic carbocycles. The van der Waals surface area contributed by atoms with Crippen LogP contribution >= 0.6 is 11.8 Å². The molecule has 152 valence electrons. The molecule has 30 heavy (non-hydrogen) atoms. The fourth-order valence-electron chi connectivity index (χ4n) is 3.56. The van der Waals surface area contributed by atoms with E-state index in [2.05, 4.69) is 37.0 Å². The Hall–Kier alpha value is -3.05. The maximum Gasteiger partial charge on any atom is 0.336 e. The van der Waals surface area contributed by atoms with E-state index in [-0.39, 0.29) is 5.63 Å². The van der Waals surface area contributed by atoms with Gasteiger partial charge in [-0.3, -0.25) is 0 Å². The average molecular weight is 417 g/mol. The Labute approximate surface area is 179 Å². The van der Waals surface area contributed by atoms with Crippen molar-refractivity contribution >= 4 is 44.4 Å². The zero-order valence-corrected chi connectivity index (χ0v) is 17.9. The normalized spacial score (nSPS) is 13.1. The SMILES string of the molecule is CC[C@H](C)c1ccc(N=C(N)SCc2cc(=O)oc3ccc4ccccc4c23)cc1. The Morgan fingerprint density at radius 2 is 1.87 bits per heavy atom. The van der Waals surface area contributed by atoms with Crippen LogP contribution in [0.4, 0.5) is 5.69 Å². The first-order valence-electron chi connectivity index (χ1n) is 10.1. The third-order valence-electron chi connectivity index (χ3n) is 5.40. The lowest BCUT2D eigenvalue weighted by atomic mass is 9.99. The number of hydrogen-bond donors (Lipinski definition) is 1. The second-order valence-corrected chi connectivity index (χ2v) is 8.39. The topological polar surface area (TPSA) is 68.6 Å². The van der Waals surface area contributed by atoms with E-state index in [0.29, 0.717) is 22.4 Å². The molecule has 1 aromatic heterocycles. The third-order valence-corrected chi connectivity index (χ3v) is 6.25. The van der Waals surface area contributed by atoms with Crippen LogP contribution in [0, 0.1) is 0 Å². The van der Waals surface area contributed by atoms with Crippen molar-refractivity contribution in [1.29, 1.82) is 0 Å². The van der Waals surface area contributed by atoms with Crippen molar-refractivity contribution in [2.45, 2.75) is 31.9 Å². The maximum absolute atomic E-state index is 12.1. The Kier molecular flexibility index (Phi) is 5.91. The number of nitrogens with zero attached hydrogens (tertiary/aromatic N) is 1. The molecule has 0 aliphatic heterocycles. The van der Waals surface area contributed by atoms with Gasteiger partial charge in [0.05, 0.1) is 5.69 Å². The summed E-state index contributed by atoms with van der Waals surface area (Å²) in [5.41, 5.74) is 9.45. The van der Waals surface area contributed by atoms with Crippen molar-refractivity contribution in [2.75, 3.05) is 0 Å². The molecular weight excluding hydrogens is 392 g/mol. The Morgan fingerprint density at radius 3 is 2.63 bits per heavy atom.